The molecule has 0 spiro atoms. The molecule has 1 nitrogen and oxygen atoms in total. The third-order valence-corrected chi connectivity index (χ3v) is 4.72. The Bertz CT molecular complexity index is 529. The summed E-state index contributed by atoms with van der Waals surface area (Å²) < 4.78 is 0. The number of rotatable bonds is 4. The Balaban J connectivity index is 1.90. The van der Waals surface area contributed by atoms with Crippen molar-refractivity contribution in [1.82, 2.24) is 5.32 Å². The van der Waals surface area contributed by atoms with Gasteiger partial charge in [0.1, 0.15) is 0 Å². The van der Waals surface area contributed by atoms with Gasteiger partial charge in [-0.2, -0.15) is 0 Å². The average Bonchev–Trinajstić information content (AvgIpc) is 2.63. The molecule has 0 saturated heterocycles. The standard InChI is InChI=1S/C14H15Cl2NS/c1-9-5-12(18-10(9)2)8-17-7-11-3-4-13(15)14(16)6-11/h3-6,17H,7-8H2,1-2H3. The molecule has 0 aliphatic carbocycles. The molecule has 0 bridgehead atoms. The van der Waals surface area contributed by atoms with Crippen LogP contribution in [-0.4, -0.2) is 0 Å². The van der Waals surface area contributed by atoms with Crippen LogP contribution in [0.5, 0.6) is 0 Å². The minimum absolute atomic E-state index is 0.602. The smallest absolute Gasteiger partial charge is 0.0595 e. The molecule has 0 saturated carbocycles. The van der Waals surface area contributed by atoms with Crippen LogP contribution in [0.15, 0.2) is 24.3 Å². The van der Waals surface area contributed by atoms with Crippen LogP contribution >= 0.6 is 34.5 Å². The van der Waals surface area contributed by atoms with E-state index in [4.69, 9.17) is 23.2 Å². The molecule has 0 amide bonds. The number of halogens is 2. The van der Waals surface area contributed by atoms with E-state index in [9.17, 15) is 0 Å². The molecular formula is C14H15Cl2NS. The van der Waals surface area contributed by atoms with E-state index < -0.39 is 0 Å². The van der Waals surface area contributed by atoms with Crippen LogP contribution in [0.25, 0.3) is 0 Å². The molecule has 0 atom stereocenters. The summed E-state index contributed by atoms with van der Waals surface area (Å²) in [5, 5.41) is 4.63. The predicted molar refractivity (Wildman–Crippen MR) is 80.8 cm³/mol. The third-order valence-electron chi connectivity index (χ3n) is 2.83. The van der Waals surface area contributed by atoms with Crippen molar-refractivity contribution >= 4 is 34.5 Å². The lowest BCUT2D eigenvalue weighted by Crippen LogP contribution is -2.11. The van der Waals surface area contributed by atoms with Crippen molar-refractivity contribution in [2.24, 2.45) is 0 Å². The van der Waals surface area contributed by atoms with Gasteiger partial charge in [0.05, 0.1) is 10.0 Å². The van der Waals surface area contributed by atoms with Gasteiger partial charge in [0, 0.05) is 22.8 Å². The molecule has 1 aromatic heterocycles. The van der Waals surface area contributed by atoms with Crippen LogP contribution < -0.4 is 5.32 Å². The second kappa shape index (κ2) is 6.07. The molecule has 0 radical (unpaired) electrons. The maximum atomic E-state index is 5.98. The van der Waals surface area contributed by atoms with Crippen molar-refractivity contribution in [3.05, 3.63) is 55.2 Å². The van der Waals surface area contributed by atoms with Gasteiger partial charge in [-0.15, -0.1) is 11.3 Å². The monoisotopic (exact) mass is 299 g/mol. The van der Waals surface area contributed by atoms with Gasteiger partial charge in [-0.3, -0.25) is 0 Å². The molecule has 0 aliphatic rings. The fraction of sp³-hybridized carbons (Fsp3) is 0.286. The zero-order chi connectivity index (χ0) is 13.1. The Labute approximate surface area is 122 Å². The molecule has 1 N–H and O–H groups in total. The highest BCUT2D eigenvalue weighted by Crippen LogP contribution is 2.23. The molecule has 18 heavy (non-hydrogen) atoms. The Hall–Kier alpha value is -0.540. The van der Waals surface area contributed by atoms with Crippen LogP contribution in [0.1, 0.15) is 20.9 Å². The molecular weight excluding hydrogens is 285 g/mol. The summed E-state index contributed by atoms with van der Waals surface area (Å²) in [6.45, 7) is 5.99. The van der Waals surface area contributed by atoms with Gasteiger partial charge in [0.25, 0.3) is 0 Å². The van der Waals surface area contributed by atoms with Crippen LogP contribution in [0.2, 0.25) is 10.0 Å². The Morgan fingerprint density at radius 1 is 1.06 bits per heavy atom. The second-order valence-electron chi connectivity index (χ2n) is 4.30. The van der Waals surface area contributed by atoms with Crippen LogP contribution in [0, 0.1) is 13.8 Å². The number of hydrogen-bond donors (Lipinski definition) is 1. The second-order valence-corrected chi connectivity index (χ2v) is 6.46. The minimum atomic E-state index is 0.602. The number of hydrogen-bond acceptors (Lipinski definition) is 2. The van der Waals surface area contributed by atoms with Crippen molar-refractivity contribution in [1.29, 1.82) is 0 Å². The molecule has 0 fully saturated rings. The van der Waals surface area contributed by atoms with E-state index in [0.29, 0.717) is 10.0 Å². The summed E-state index contributed by atoms with van der Waals surface area (Å²) in [4.78, 5) is 2.76. The van der Waals surface area contributed by atoms with Crippen molar-refractivity contribution in [2.45, 2.75) is 26.9 Å². The molecule has 0 aliphatic heterocycles. The highest BCUT2D eigenvalue weighted by molar-refractivity contribution is 7.12. The molecule has 4 heteroatoms. The minimum Gasteiger partial charge on any atom is -0.308 e. The van der Waals surface area contributed by atoms with Gasteiger partial charge in [-0.25, -0.2) is 0 Å². The molecule has 1 aromatic carbocycles. The quantitative estimate of drug-likeness (QED) is 0.841. The topological polar surface area (TPSA) is 12.0 Å². The highest BCUT2D eigenvalue weighted by atomic mass is 35.5. The van der Waals surface area contributed by atoms with Gasteiger partial charge in [0.2, 0.25) is 0 Å². The first kappa shape index (κ1) is 13.9. The van der Waals surface area contributed by atoms with Gasteiger partial charge < -0.3 is 5.32 Å². The van der Waals surface area contributed by atoms with Crippen LogP contribution in [-0.2, 0) is 13.1 Å². The lowest BCUT2D eigenvalue weighted by molar-refractivity contribution is 0.701. The number of thiophene rings is 1. The first-order chi connectivity index (χ1) is 8.56. The van der Waals surface area contributed by atoms with E-state index in [1.54, 1.807) is 0 Å². The lowest BCUT2D eigenvalue weighted by atomic mass is 10.2. The maximum absolute atomic E-state index is 5.98. The van der Waals surface area contributed by atoms with Crippen molar-refractivity contribution in [3.8, 4) is 0 Å². The summed E-state index contributed by atoms with van der Waals surface area (Å²) in [5.74, 6) is 0. The van der Waals surface area contributed by atoms with Gasteiger partial charge in [0.15, 0.2) is 0 Å². The van der Waals surface area contributed by atoms with E-state index in [1.165, 1.54) is 15.3 Å². The van der Waals surface area contributed by atoms with Crippen LogP contribution in [0.4, 0.5) is 0 Å². The fourth-order valence-electron chi connectivity index (χ4n) is 1.72. The Morgan fingerprint density at radius 3 is 2.44 bits per heavy atom. The fourth-order valence-corrected chi connectivity index (χ4v) is 3.06. The normalized spacial score (nSPS) is 10.9. The predicted octanol–water partition coefficient (Wildman–Crippen LogP) is 4.96. The largest absolute Gasteiger partial charge is 0.308 e. The van der Waals surface area contributed by atoms with Crippen molar-refractivity contribution in [2.75, 3.05) is 0 Å². The van der Waals surface area contributed by atoms with Gasteiger partial charge in [-0.1, -0.05) is 29.3 Å². The van der Waals surface area contributed by atoms with Gasteiger partial charge >= 0.3 is 0 Å². The zero-order valence-corrected chi connectivity index (χ0v) is 12.7. The molecule has 0 unspecified atom stereocenters. The highest BCUT2D eigenvalue weighted by Gasteiger charge is 2.02. The summed E-state index contributed by atoms with van der Waals surface area (Å²) in [7, 11) is 0. The van der Waals surface area contributed by atoms with E-state index in [-0.39, 0.29) is 0 Å². The molecule has 2 rings (SSSR count). The zero-order valence-electron chi connectivity index (χ0n) is 10.4. The Morgan fingerprint density at radius 2 is 1.83 bits per heavy atom. The van der Waals surface area contributed by atoms with E-state index in [2.05, 4.69) is 25.2 Å². The summed E-state index contributed by atoms with van der Waals surface area (Å²) >= 11 is 13.7. The van der Waals surface area contributed by atoms with Crippen molar-refractivity contribution < 1.29 is 0 Å². The van der Waals surface area contributed by atoms with Crippen LogP contribution in [0.3, 0.4) is 0 Å². The summed E-state index contributed by atoms with van der Waals surface area (Å²) in [6.07, 6.45) is 0. The van der Waals surface area contributed by atoms with E-state index in [0.717, 1.165) is 18.7 Å². The lowest BCUT2D eigenvalue weighted by Gasteiger charge is -2.04. The average molecular weight is 300 g/mol. The van der Waals surface area contributed by atoms with Crippen molar-refractivity contribution in [3.63, 3.8) is 0 Å². The molecule has 1 heterocycles. The van der Waals surface area contributed by atoms with E-state index >= 15 is 0 Å². The summed E-state index contributed by atoms with van der Waals surface area (Å²) in [5.41, 5.74) is 2.51. The van der Waals surface area contributed by atoms with Gasteiger partial charge in [-0.05, 0) is 43.2 Å². The SMILES string of the molecule is Cc1cc(CNCc2ccc(Cl)c(Cl)c2)sc1C. The maximum Gasteiger partial charge on any atom is 0.0595 e. The van der Waals surface area contributed by atoms with E-state index in [1.807, 2.05) is 29.5 Å². The Kier molecular flexibility index (Phi) is 4.68. The third kappa shape index (κ3) is 3.48. The number of aryl methyl sites for hydroxylation is 2. The first-order valence-corrected chi connectivity index (χ1v) is 7.34. The number of nitrogens with one attached hydrogen (secondary N) is 1. The molecule has 2 aromatic rings. The summed E-state index contributed by atoms with van der Waals surface area (Å²) in [6, 6.07) is 7.97. The number of benzene rings is 1. The molecule has 96 valence electrons. The first-order valence-electron chi connectivity index (χ1n) is 5.77.